The number of halogens is 2. The van der Waals surface area contributed by atoms with Gasteiger partial charge in [-0.25, -0.2) is 4.39 Å². The SMILES string of the molecule is CC(C)Oc1ccc(CNCCc2ccc(F)cc2)cc1Cl. The molecule has 0 aliphatic heterocycles. The van der Waals surface area contributed by atoms with Crippen molar-refractivity contribution >= 4 is 11.6 Å². The summed E-state index contributed by atoms with van der Waals surface area (Å²) in [6.07, 6.45) is 0.972. The maximum absolute atomic E-state index is 12.8. The Labute approximate surface area is 136 Å². The van der Waals surface area contributed by atoms with Gasteiger partial charge in [-0.3, -0.25) is 0 Å². The van der Waals surface area contributed by atoms with Crippen LogP contribution in [0.5, 0.6) is 5.75 Å². The van der Waals surface area contributed by atoms with E-state index in [9.17, 15) is 4.39 Å². The number of rotatable bonds is 7. The first-order valence-corrected chi connectivity index (χ1v) is 7.82. The van der Waals surface area contributed by atoms with Crippen LogP contribution in [0.1, 0.15) is 25.0 Å². The molecule has 0 amide bonds. The molecule has 0 fully saturated rings. The maximum atomic E-state index is 12.8. The summed E-state index contributed by atoms with van der Waals surface area (Å²) < 4.78 is 18.4. The molecule has 0 atom stereocenters. The van der Waals surface area contributed by atoms with Crippen molar-refractivity contribution in [2.75, 3.05) is 6.54 Å². The van der Waals surface area contributed by atoms with Crippen molar-refractivity contribution in [3.05, 3.63) is 64.4 Å². The lowest BCUT2D eigenvalue weighted by Gasteiger charge is -2.12. The average Bonchev–Trinajstić information content (AvgIpc) is 2.48. The van der Waals surface area contributed by atoms with Crippen LogP contribution in [0.25, 0.3) is 0 Å². The van der Waals surface area contributed by atoms with Crippen LogP contribution in [0.2, 0.25) is 5.02 Å². The van der Waals surface area contributed by atoms with E-state index in [1.54, 1.807) is 0 Å². The van der Waals surface area contributed by atoms with Crippen LogP contribution >= 0.6 is 11.6 Å². The first-order valence-electron chi connectivity index (χ1n) is 7.45. The zero-order valence-electron chi connectivity index (χ0n) is 12.9. The highest BCUT2D eigenvalue weighted by atomic mass is 35.5. The minimum atomic E-state index is -0.199. The van der Waals surface area contributed by atoms with Gasteiger partial charge in [0.25, 0.3) is 0 Å². The highest BCUT2D eigenvalue weighted by Gasteiger charge is 2.05. The fraction of sp³-hybridized carbons (Fsp3) is 0.333. The second-order valence-electron chi connectivity index (χ2n) is 5.48. The van der Waals surface area contributed by atoms with Gasteiger partial charge < -0.3 is 10.1 Å². The van der Waals surface area contributed by atoms with Crippen molar-refractivity contribution in [1.82, 2.24) is 5.32 Å². The third-order valence-electron chi connectivity index (χ3n) is 3.19. The molecule has 22 heavy (non-hydrogen) atoms. The minimum absolute atomic E-state index is 0.109. The summed E-state index contributed by atoms with van der Waals surface area (Å²) in [4.78, 5) is 0. The predicted molar refractivity (Wildman–Crippen MR) is 89.0 cm³/mol. The number of hydrogen-bond donors (Lipinski definition) is 1. The highest BCUT2D eigenvalue weighted by Crippen LogP contribution is 2.26. The number of nitrogens with one attached hydrogen (secondary N) is 1. The van der Waals surface area contributed by atoms with Crippen LogP contribution in [0.3, 0.4) is 0 Å². The fourth-order valence-electron chi connectivity index (χ4n) is 2.12. The van der Waals surface area contributed by atoms with Gasteiger partial charge in [0.2, 0.25) is 0 Å². The van der Waals surface area contributed by atoms with E-state index in [0.717, 1.165) is 30.6 Å². The molecule has 118 valence electrons. The second kappa shape index (κ2) is 8.16. The van der Waals surface area contributed by atoms with E-state index in [0.29, 0.717) is 10.8 Å². The van der Waals surface area contributed by atoms with Crippen LogP contribution in [0.15, 0.2) is 42.5 Å². The van der Waals surface area contributed by atoms with Crippen LogP contribution in [0.4, 0.5) is 4.39 Å². The van der Waals surface area contributed by atoms with Gasteiger partial charge in [-0.1, -0.05) is 29.8 Å². The normalized spacial score (nSPS) is 11.0. The number of hydrogen-bond acceptors (Lipinski definition) is 2. The van der Waals surface area contributed by atoms with Crippen LogP contribution in [0, 0.1) is 5.82 Å². The molecule has 2 nitrogen and oxygen atoms in total. The summed E-state index contributed by atoms with van der Waals surface area (Å²) in [6, 6.07) is 12.4. The molecule has 0 bridgehead atoms. The third-order valence-corrected chi connectivity index (χ3v) is 3.49. The summed E-state index contributed by atoms with van der Waals surface area (Å²) in [7, 11) is 0. The topological polar surface area (TPSA) is 21.3 Å². The van der Waals surface area contributed by atoms with E-state index < -0.39 is 0 Å². The summed E-state index contributed by atoms with van der Waals surface area (Å²) in [5.74, 6) is 0.516. The number of ether oxygens (including phenoxy) is 1. The molecular formula is C18H21ClFNO. The lowest BCUT2D eigenvalue weighted by molar-refractivity contribution is 0.242. The van der Waals surface area contributed by atoms with Crippen LogP contribution in [-0.2, 0) is 13.0 Å². The standard InChI is InChI=1S/C18H21ClFNO/c1-13(2)22-18-8-5-15(11-17(18)19)12-21-10-9-14-3-6-16(20)7-4-14/h3-8,11,13,21H,9-10,12H2,1-2H3. The Hall–Kier alpha value is -1.58. The average molecular weight is 322 g/mol. The summed E-state index contributed by atoms with van der Waals surface area (Å²) in [5, 5.41) is 3.99. The molecule has 0 spiro atoms. The van der Waals surface area contributed by atoms with Gasteiger partial charge in [0.1, 0.15) is 11.6 Å². The molecule has 0 aromatic heterocycles. The molecule has 2 rings (SSSR count). The van der Waals surface area contributed by atoms with Crippen molar-refractivity contribution < 1.29 is 9.13 Å². The first-order chi connectivity index (χ1) is 10.5. The lowest BCUT2D eigenvalue weighted by atomic mass is 10.1. The van der Waals surface area contributed by atoms with E-state index in [2.05, 4.69) is 5.32 Å². The molecule has 0 saturated carbocycles. The van der Waals surface area contributed by atoms with Gasteiger partial charge in [-0.15, -0.1) is 0 Å². The van der Waals surface area contributed by atoms with Crippen molar-refractivity contribution in [1.29, 1.82) is 0 Å². The van der Waals surface area contributed by atoms with E-state index >= 15 is 0 Å². The Morgan fingerprint density at radius 3 is 2.41 bits per heavy atom. The van der Waals surface area contributed by atoms with Gasteiger partial charge in [0.05, 0.1) is 11.1 Å². The summed E-state index contributed by atoms with van der Waals surface area (Å²) in [5.41, 5.74) is 2.23. The Kier molecular flexibility index (Phi) is 6.22. The largest absolute Gasteiger partial charge is 0.489 e. The molecule has 0 unspecified atom stereocenters. The quantitative estimate of drug-likeness (QED) is 0.753. The predicted octanol–water partition coefficient (Wildman–Crippen LogP) is 4.60. The van der Waals surface area contributed by atoms with Crippen molar-refractivity contribution in [2.24, 2.45) is 0 Å². The molecule has 0 heterocycles. The van der Waals surface area contributed by atoms with E-state index in [1.165, 1.54) is 12.1 Å². The smallest absolute Gasteiger partial charge is 0.138 e. The van der Waals surface area contributed by atoms with Gasteiger partial charge >= 0.3 is 0 Å². The minimum Gasteiger partial charge on any atom is -0.489 e. The maximum Gasteiger partial charge on any atom is 0.138 e. The van der Waals surface area contributed by atoms with Gasteiger partial charge in [0, 0.05) is 6.54 Å². The summed E-state index contributed by atoms with van der Waals surface area (Å²) in [6.45, 7) is 5.51. The molecule has 0 saturated heterocycles. The Bertz CT molecular complexity index is 599. The molecule has 0 radical (unpaired) electrons. The summed E-state index contributed by atoms with van der Waals surface area (Å²) >= 11 is 6.21. The Morgan fingerprint density at radius 1 is 1.09 bits per heavy atom. The van der Waals surface area contributed by atoms with E-state index in [1.807, 2.05) is 44.2 Å². The lowest BCUT2D eigenvalue weighted by Crippen LogP contribution is -2.16. The highest BCUT2D eigenvalue weighted by molar-refractivity contribution is 6.32. The molecule has 1 N–H and O–H groups in total. The van der Waals surface area contributed by atoms with E-state index in [-0.39, 0.29) is 11.9 Å². The Morgan fingerprint density at radius 2 is 1.77 bits per heavy atom. The molecule has 2 aromatic carbocycles. The van der Waals surface area contributed by atoms with Gasteiger partial charge in [-0.05, 0) is 62.2 Å². The van der Waals surface area contributed by atoms with Crippen LogP contribution in [-0.4, -0.2) is 12.6 Å². The van der Waals surface area contributed by atoms with E-state index in [4.69, 9.17) is 16.3 Å². The van der Waals surface area contributed by atoms with Crippen molar-refractivity contribution in [2.45, 2.75) is 32.9 Å². The Balaban J connectivity index is 1.79. The molecule has 2 aromatic rings. The monoisotopic (exact) mass is 321 g/mol. The van der Waals surface area contributed by atoms with Gasteiger partial charge in [0.15, 0.2) is 0 Å². The zero-order valence-corrected chi connectivity index (χ0v) is 13.7. The molecule has 0 aliphatic carbocycles. The van der Waals surface area contributed by atoms with Crippen molar-refractivity contribution in [3.8, 4) is 5.75 Å². The molecule has 4 heteroatoms. The number of benzene rings is 2. The van der Waals surface area contributed by atoms with Crippen LogP contribution < -0.4 is 10.1 Å². The van der Waals surface area contributed by atoms with Crippen molar-refractivity contribution in [3.63, 3.8) is 0 Å². The third kappa shape index (κ3) is 5.32. The first kappa shape index (κ1) is 16.8. The molecule has 0 aliphatic rings. The second-order valence-corrected chi connectivity index (χ2v) is 5.89. The fourth-order valence-corrected chi connectivity index (χ4v) is 2.37. The van der Waals surface area contributed by atoms with Gasteiger partial charge in [-0.2, -0.15) is 0 Å². The zero-order chi connectivity index (χ0) is 15.9. The molecular weight excluding hydrogens is 301 g/mol.